The number of sulfonamides is 1. The summed E-state index contributed by atoms with van der Waals surface area (Å²) in [6.45, 7) is 3.42. The highest BCUT2D eigenvalue weighted by Crippen LogP contribution is 2.23. The van der Waals surface area contributed by atoms with E-state index in [4.69, 9.17) is 4.52 Å². The average Bonchev–Trinajstić information content (AvgIpc) is 3.16. The number of carbonyl (C=O) groups is 1. The third kappa shape index (κ3) is 5.26. The van der Waals surface area contributed by atoms with Crippen LogP contribution in [0.4, 0.5) is 10.1 Å². The molecule has 0 saturated heterocycles. The molecule has 0 spiro atoms. The summed E-state index contributed by atoms with van der Waals surface area (Å²) in [6, 6.07) is 11.4. The molecule has 1 heterocycles. The first-order valence-electron chi connectivity index (χ1n) is 9.46. The molecular formula is C21H23FN4O4S. The van der Waals surface area contributed by atoms with E-state index >= 15 is 0 Å². The Morgan fingerprint density at radius 3 is 2.48 bits per heavy atom. The summed E-state index contributed by atoms with van der Waals surface area (Å²) in [6.07, 6.45) is 0.992. The van der Waals surface area contributed by atoms with E-state index in [9.17, 15) is 17.6 Å². The van der Waals surface area contributed by atoms with Crippen LogP contribution < -0.4 is 4.31 Å². The molecule has 10 heteroatoms. The van der Waals surface area contributed by atoms with Gasteiger partial charge in [0.25, 0.3) is 0 Å². The first-order chi connectivity index (χ1) is 14.6. The van der Waals surface area contributed by atoms with Crippen LogP contribution in [0.2, 0.25) is 0 Å². The van der Waals surface area contributed by atoms with Gasteiger partial charge >= 0.3 is 0 Å². The van der Waals surface area contributed by atoms with Crippen LogP contribution in [0.3, 0.4) is 0 Å². The summed E-state index contributed by atoms with van der Waals surface area (Å²) in [5.74, 6) is -0.372. The zero-order valence-corrected chi connectivity index (χ0v) is 18.4. The quantitative estimate of drug-likeness (QED) is 0.554. The van der Waals surface area contributed by atoms with Crippen LogP contribution in [0, 0.1) is 12.7 Å². The number of anilines is 1. The Morgan fingerprint density at radius 2 is 1.87 bits per heavy atom. The minimum Gasteiger partial charge on any atom is -0.337 e. The highest BCUT2D eigenvalue weighted by atomic mass is 32.2. The number of likely N-dealkylation sites (N-methyl/N-ethyl adjacent to an activating group) is 1. The van der Waals surface area contributed by atoms with Crippen LogP contribution in [0.1, 0.15) is 18.4 Å². The standard InChI is InChI=1S/C21H23FN4O4S/c1-14-6-5-7-16(12-14)20-23-19(30-24-20)13-25(3)21(27)15(2)26(31(4,28)29)18-10-8-17(22)9-11-18/h5-12,15H,13H2,1-4H3/t15-/m1/s1. The lowest BCUT2D eigenvalue weighted by atomic mass is 10.1. The minimum absolute atomic E-state index is 0.00298. The van der Waals surface area contributed by atoms with Crippen LogP contribution in [0.5, 0.6) is 0 Å². The van der Waals surface area contributed by atoms with Gasteiger partial charge in [-0.05, 0) is 44.2 Å². The lowest BCUT2D eigenvalue weighted by molar-refractivity contribution is -0.131. The maximum atomic E-state index is 13.3. The van der Waals surface area contributed by atoms with Gasteiger partial charge in [0.2, 0.25) is 27.6 Å². The molecule has 0 N–H and O–H groups in total. The molecule has 0 fully saturated rings. The molecule has 31 heavy (non-hydrogen) atoms. The van der Waals surface area contributed by atoms with Crippen LogP contribution >= 0.6 is 0 Å². The first-order valence-corrected chi connectivity index (χ1v) is 11.3. The minimum atomic E-state index is -3.81. The highest BCUT2D eigenvalue weighted by molar-refractivity contribution is 7.92. The lowest BCUT2D eigenvalue weighted by Crippen LogP contribution is -2.48. The van der Waals surface area contributed by atoms with Gasteiger partial charge in [-0.1, -0.05) is 28.9 Å². The van der Waals surface area contributed by atoms with E-state index in [1.54, 1.807) is 0 Å². The van der Waals surface area contributed by atoms with E-state index in [0.717, 1.165) is 33.8 Å². The summed E-state index contributed by atoms with van der Waals surface area (Å²) >= 11 is 0. The maximum Gasteiger partial charge on any atom is 0.246 e. The van der Waals surface area contributed by atoms with Crippen LogP contribution in [0.25, 0.3) is 11.4 Å². The molecule has 2 aromatic carbocycles. The molecular weight excluding hydrogens is 423 g/mol. The normalized spacial score (nSPS) is 12.4. The second-order valence-corrected chi connectivity index (χ2v) is 9.15. The zero-order valence-electron chi connectivity index (χ0n) is 17.6. The van der Waals surface area contributed by atoms with Gasteiger partial charge in [-0.2, -0.15) is 4.98 Å². The molecule has 1 aromatic heterocycles. The third-order valence-corrected chi connectivity index (χ3v) is 5.88. The van der Waals surface area contributed by atoms with Crippen molar-refractivity contribution in [1.82, 2.24) is 15.0 Å². The molecule has 0 unspecified atom stereocenters. The highest BCUT2D eigenvalue weighted by Gasteiger charge is 2.31. The van der Waals surface area contributed by atoms with Crippen LogP contribution in [0.15, 0.2) is 53.1 Å². The molecule has 1 atom stereocenters. The van der Waals surface area contributed by atoms with E-state index < -0.39 is 27.8 Å². The number of benzene rings is 2. The largest absolute Gasteiger partial charge is 0.337 e. The van der Waals surface area contributed by atoms with Crippen molar-refractivity contribution in [3.05, 3.63) is 65.8 Å². The summed E-state index contributed by atoms with van der Waals surface area (Å²) in [4.78, 5) is 18.6. The van der Waals surface area contributed by atoms with Crippen molar-refractivity contribution < 1.29 is 22.1 Å². The number of aromatic nitrogens is 2. The molecule has 0 bridgehead atoms. The van der Waals surface area contributed by atoms with E-state index in [1.807, 2.05) is 31.2 Å². The van der Waals surface area contributed by atoms with Crippen LogP contribution in [-0.4, -0.2) is 48.7 Å². The van der Waals surface area contributed by atoms with Crippen molar-refractivity contribution >= 4 is 21.6 Å². The Labute approximate surface area is 180 Å². The molecule has 3 aromatic rings. The molecule has 0 saturated carbocycles. The second-order valence-electron chi connectivity index (χ2n) is 7.29. The predicted octanol–water partition coefficient (Wildman–Crippen LogP) is 3.00. The summed E-state index contributed by atoms with van der Waals surface area (Å²) in [5.41, 5.74) is 2.03. The number of rotatable bonds is 7. The van der Waals surface area contributed by atoms with Gasteiger partial charge in [-0.3, -0.25) is 9.10 Å². The number of carbonyl (C=O) groups excluding carboxylic acids is 1. The number of hydrogen-bond acceptors (Lipinski definition) is 6. The summed E-state index contributed by atoms with van der Waals surface area (Å²) in [5, 5.41) is 3.95. The fourth-order valence-corrected chi connectivity index (χ4v) is 4.38. The van der Waals surface area contributed by atoms with E-state index in [-0.39, 0.29) is 18.1 Å². The Bertz CT molecular complexity index is 1180. The van der Waals surface area contributed by atoms with Gasteiger partial charge in [0.05, 0.1) is 18.5 Å². The first kappa shape index (κ1) is 22.4. The molecule has 0 aliphatic carbocycles. The monoisotopic (exact) mass is 446 g/mol. The fourth-order valence-electron chi connectivity index (χ4n) is 3.21. The second kappa shape index (κ2) is 8.84. The van der Waals surface area contributed by atoms with Gasteiger partial charge in [-0.15, -0.1) is 0 Å². The van der Waals surface area contributed by atoms with Crippen molar-refractivity contribution in [2.75, 3.05) is 17.6 Å². The smallest absolute Gasteiger partial charge is 0.246 e. The SMILES string of the molecule is Cc1cccc(-c2noc(CN(C)C(=O)[C@@H](C)N(c3ccc(F)cc3)S(C)(=O)=O)n2)c1. The van der Waals surface area contributed by atoms with Crippen molar-refractivity contribution in [1.29, 1.82) is 0 Å². The average molecular weight is 447 g/mol. The van der Waals surface area contributed by atoms with Gasteiger partial charge in [0.15, 0.2) is 0 Å². The molecule has 0 aliphatic heterocycles. The topological polar surface area (TPSA) is 96.6 Å². The lowest BCUT2D eigenvalue weighted by Gasteiger charge is -2.30. The Balaban J connectivity index is 1.77. The number of halogens is 1. The fraction of sp³-hybridized carbons (Fsp3) is 0.286. The zero-order chi connectivity index (χ0) is 22.8. The van der Waals surface area contributed by atoms with E-state index in [2.05, 4.69) is 10.1 Å². The van der Waals surface area contributed by atoms with Crippen molar-refractivity contribution in [2.45, 2.75) is 26.4 Å². The molecule has 0 radical (unpaired) electrons. The van der Waals surface area contributed by atoms with Crippen LogP contribution in [-0.2, 0) is 21.4 Å². The van der Waals surface area contributed by atoms with Gasteiger partial charge in [-0.25, -0.2) is 12.8 Å². The Morgan fingerprint density at radius 1 is 1.19 bits per heavy atom. The van der Waals surface area contributed by atoms with Gasteiger partial charge in [0.1, 0.15) is 11.9 Å². The number of amides is 1. The number of hydrogen-bond donors (Lipinski definition) is 0. The molecule has 0 aliphatic rings. The summed E-state index contributed by atoms with van der Waals surface area (Å²) < 4.78 is 44.2. The van der Waals surface area contributed by atoms with E-state index in [0.29, 0.717) is 5.82 Å². The molecule has 164 valence electrons. The Hall–Kier alpha value is -3.27. The van der Waals surface area contributed by atoms with Crippen molar-refractivity contribution in [2.24, 2.45) is 0 Å². The predicted molar refractivity (Wildman–Crippen MR) is 114 cm³/mol. The van der Waals surface area contributed by atoms with Gasteiger partial charge < -0.3 is 9.42 Å². The maximum absolute atomic E-state index is 13.3. The molecule has 8 nitrogen and oxygen atoms in total. The van der Waals surface area contributed by atoms with Crippen molar-refractivity contribution in [3.63, 3.8) is 0 Å². The van der Waals surface area contributed by atoms with Crippen molar-refractivity contribution in [3.8, 4) is 11.4 Å². The van der Waals surface area contributed by atoms with E-state index in [1.165, 1.54) is 31.0 Å². The number of nitrogens with zero attached hydrogens (tertiary/aromatic N) is 4. The molecule has 1 amide bonds. The summed E-state index contributed by atoms with van der Waals surface area (Å²) in [7, 11) is -2.29. The Kier molecular flexibility index (Phi) is 6.40. The third-order valence-electron chi connectivity index (χ3n) is 4.64. The number of aryl methyl sites for hydroxylation is 1. The molecule has 3 rings (SSSR count). The van der Waals surface area contributed by atoms with Gasteiger partial charge in [0, 0.05) is 12.6 Å².